The highest BCUT2D eigenvalue weighted by molar-refractivity contribution is 6.18. The minimum absolute atomic E-state index is 0.00788. The molecule has 1 heterocycles. The van der Waals surface area contributed by atoms with Crippen LogP contribution in [0.3, 0.4) is 0 Å². The molecule has 1 aliphatic rings. The molecular weight excluding hydrogens is 250 g/mol. The summed E-state index contributed by atoms with van der Waals surface area (Å²) in [4.78, 5) is 12.0. The lowest BCUT2D eigenvalue weighted by molar-refractivity contribution is -0.125. The molecule has 3 nitrogen and oxygen atoms in total. The normalized spacial score (nSPS) is 20.6. The van der Waals surface area contributed by atoms with Gasteiger partial charge in [0.15, 0.2) is 0 Å². The number of hydrogen-bond donors (Lipinski definition) is 1. The maximum absolute atomic E-state index is 12.0. The summed E-state index contributed by atoms with van der Waals surface area (Å²) in [6, 6.07) is 10.0. The van der Waals surface area contributed by atoms with Crippen LogP contribution >= 0.6 is 11.6 Å². The molecule has 2 rings (SSSR count). The van der Waals surface area contributed by atoms with Crippen LogP contribution in [0.1, 0.15) is 12.0 Å². The van der Waals surface area contributed by atoms with Gasteiger partial charge in [-0.05, 0) is 18.4 Å². The van der Waals surface area contributed by atoms with E-state index in [-0.39, 0.29) is 17.9 Å². The molecule has 0 spiro atoms. The van der Waals surface area contributed by atoms with E-state index in [2.05, 4.69) is 5.32 Å². The van der Waals surface area contributed by atoms with Crippen molar-refractivity contribution in [1.82, 2.24) is 5.32 Å². The maximum atomic E-state index is 12.0. The lowest BCUT2D eigenvalue weighted by atomic mass is 10.0. The van der Waals surface area contributed by atoms with E-state index in [4.69, 9.17) is 16.3 Å². The van der Waals surface area contributed by atoms with Gasteiger partial charge in [0.25, 0.3) is 0 Å². The number of hydrogen-bond acceptors (Lipinski definition) is 2. The Morgan fingerprint density at radius 2 is 2.22 bits per heavy atom. The smallest absolute Gasteiger partial charge is 0.225 e. The number of alkyl halides is 1. The van der Waals surface area contributed by atoms with E-state index in [0.29, 0.717) is 19.1 Å². The van der Waals surface area contributed by atoms with Crippen molar-refractivity contribution in [3.05, 3.63) is 35.9 Å². The lowest BCUT2D eigenvalue weighted by Crippen LogP contribution is -2.41. The summed E-state index contributed by atoms with van der Waals surface area (Å²) < 4.78 is 5.22. The molecular formula is C14H18ClNO2. The van der Waals surface area contributed by atoms with Gasteiger partial charge in [0.2, 0.25) is 5.91 Å². The van der Waals surface area contributed by atoms with Gasteiger partial charge in [-0.3, -0.25) is 4.79 Å². The minimum Gasteiger partial charge on any atom is -0.381 e. The summed E-state index contributed by atoms with van der Waals surface area (Å²) in [5, 5.41) is 3.01. The first-order valence-corrected chi connectivity index (χ1v) is 6.81. The zero-order chi connectivity index (χ0) is 12.8. The number of rotatable bonds is 5. The van der Waals surface area contributed by atoms with Crippen molar-refractivity contribution in [2.45, 2.75) is 18.9 Å². The summed E-state index contributed by atoms with van der Waals surface area (Å²) in [5.41, 5.74) is 1.19. The molecule has 2 unspecified atom stereocenters. The zero-order valence-corrected chi connectivity index (χ0v) is 11.0. The van der Waals surface area contributed by atoms with Crippen LogP contribution in [0.2, 0.25) is 0 Å². The number of nitrogens with one attached hydrogen (secondary N) is 1. The van der Waals surface area contributed by atoms with Crippen LogP contribution in [-0.4, -0.2) is 31.0 Å². The van der Waals surface area contributed by atoms with E-state index in [0.717, 1.165) is 12.8 Å². The Morgan fingerprint density at radius 1 is 1.44 bits per heavy atom. The highest BCUT2D eigenvalue weighted by Crippen LogP contribution is 2.13. The van der Waals surface area contributed by atoms with E-state index in [9.17, 15) is 4.79 Å². The van der Waals surface area contributed by atoms with Crippen LogP contribution in [-0.2, 0) is 16.0 Å². The van der Waals surface area contributed by atoms with Crippen molar-refractivity contribution in [2.24, 2.45) is 5.92 Å². The molecule has 18 heavy (non-hydrogen) atoms. The highest BCUT2D eigenvalue weighted by Gasteiger charge is 2.25. The number of amides is 1. The van der Waals surface area contributed by atoms with Gasteiger partial charge in [0, 0.05) is 18.5 Å². The average Bonchev–Trinajstić information content (AvgIpc) is 2.93. The number of benzene rings is 1. The quantitative estimate of drug-likeness (QED) is 0.829. The molecule has 0 saturated carbocycles. The molecule has 1 fully saturated rings. The van der Waals surface area contributed by atoms with Crippen molar-refractivity contribution < 1.29 is 9.53 Å². The zero-order valence-electron chi connectivity index (χ0n) is 10.3. The van der Waals surface area contributed by atoms with Crippen molar-refractivity contribution >= 4 is 17.5 Å². The summed E-state index contributed by atoms with van der Waals surface area (Å²) in [5.74, 6) is 0.481. The lowest BCUT2D eigenvalue weighted by Gasteiger charge is -2.18. The van der Waals surface area contributed by atoms with E-state index in [1.54, 1.807) is 0 Å². The van der Waals surface area contributed by atoms with Crippen LogP contribution in [0, 0.1) is 5.92 Å². The molecule has 0 bridgehead atoms. The minimum atomic E-state index is -0.0119. The standard InChI is InChI=1S/C14H18ClNO2/c15-9-13(8-11-4-2-1-3-5-11)16-14(17)12-6-7-18-10-12/h1-5,12-13H,6-10H2,(H,16,17). The Kier molecular flexibility index (Phi) is 5.02. The van der Waals surface area contributed by atoms with Crippen molar-refractivity contribution in [3.8, 4) is 0 Å². The SMILES string of the molecule is O=C(NC(CCl)Cc1ccccc1)C1CCOC1. The van der Waals surface area contributed by atoms with Crippen molar-refractivity contribution in [1.29, 1.82) is 0 Å². The maximum Gasteiger partial charge on any atom is 0.225 e. The molecule has 1 aliphatic heterocycles. The summed E-state index contributed by atoms with van der Waals surface area (Å²) in [6.07, 6.45) is 1.58. The largest absolute Gasteiger partial charge is 0.381 e. The molecule has 0 aromatic heterocycles. The molecule has 0 radical (unpaired) electrons. The first kappa shape index (κ1) is 13.4. The molecule has 4 heteroatoms. The van der Waals surface area contributed by atoms with Gasteiger partial charge >= 0.3 is 0 Å². The Hall–Kier alpha value is -1.06. The third-order valence-corrected chi connectivity index (χ3v) is 3.53. The van der Waals surface area contributed by atoms with Crippen LogP contribution in [0.4, 0.5) is 0 Å². The molecule has 1 saturated heterocycles. The Balaban J connectivity index is 1.87. The van der Waals surface area contributed by atoms with Gasteiger partial charge in [-0.25, -0.2) is 0 Å². The molecule has 1 N–H and O–H groups in total. The fourth-order valence-corrected chi connectivity index (χ4v) is 2.29. The summed E-state index contributed by atoms with van der Waals surface area (Å²) in [6.45, 7) is 1.22. The first-order chi connectivity index (χ1) is 8.79. The number of ether oxygens (including phenoxy) is 1. The van der Waals surface area contributed by atoms with Gasteiger partial charge < -0.3 is 10.1 Å². The molecule has 1 amide bonds. The van der Waals surface area contributed by atoms with Gasteiger partial charge in [-0.15, -0.1) is 11.6 Å². The van der Waals surface area contributed by atoms with Crippen LogP contribution in [0.25, 0.3) is 0 Å². The van der Waals surface area contributed by atoms with E-state index in [1.807, 2.05) is 30.3 Å². The van der Waals surface area contributed by atoms with Crippen molar-refractivity contribution in [2.75, 3.05) is 19.1 Å². The third-order valence-electron chi connectivity index (χ3n) is 3.16. The number of carbonyl (C=O) groups is 1. The van der Waals surface area contributed by atoms with Gasteiger partial charge in [0.1, 0.15) is 0 Å². The monoisotopic (exact) mass is 267 g/mol. The van der Waals surface area contributed by atoms with Crippen LogP contribution in [0.5, 0.6) is 0 Å². The Labute approximate surface area is 112 Å². The van der Waals surface area contributed by atoms with Crippen LogP contribution < -0.4 is 5.32 Å². The van der Waals surface area contributed by atoms with Gasteiger partial charge in [0.05, 0.1) is 12.5 Å². The predicted molar refractivity (Wildman–Crippen MR) is 71.7 cm³/mol. The van der Waals surface area contributed by atoms with Crippen molar-refractivity contribution in [3.63, 3.8) is 0 Å². The Morgan fingerprint density at radius 3 is 2.83 bits per heavy atom. The molecule has 2 atom stereocenters. The van der Waals surface area contributed by atoms with Gasteiger partial charge in [-0.2, -0.15) is 0 Å². The second-order valence-electron chi connectivity index (χ2n) is 4.61. The van der Waals surface area contributed by atoms with E-state index < -0.39 is 0 Å². The topological polar surface area (TPSA) is 38.3 Å². The average molecular weight is 268 g/mol. The molecule has 0 aliphatic carbocycles. The summed E-state index contributed by atoms with van der Waals surface area (Å²) >= 11 is 5.92. The van der Waals surface area contributed by atoms with E-state index >= 15 is 0 Å². The van der Waals surface area contributed by atoms with E-state index in [1.165, 1.54) is 5.56 Å². The fraction of sp³-hybridized carbons (Fsp3) is 0.500. The number of carbonyl (C=O) groups excluding carboxylic acids is 1. The number of halogens is 1. The molecule has 98 valence electrons. The molecule has 1 aromatic rings. The molecule has 1 aromatic carbocycles. The van der Waals surface area contributed by atoms with Crippen LogP contribution in [0.15, 0.2) is 30.3 Å². The van der Waals surface area contributed by atoms with Gasteiger partial charge in [-0.1, -0.05) is 30.3 Å². The predicted octanol–water partition coefficient (Wildman–Crippen LogP) is 1.99. The highest BCUT2D eigenvalue weighted by atomic mass is 35.5. The Bertz CT molecular complexity index is 377. The second kappa shape index (κ2) is 6.76. The fourth-order valence-electron chi connectivity index (χ4n) is 2.10. The summed E-state index contributed by atoms with van der Waals surface area (Å²) in [7, 11) is 0. The first-order valence-electron chi connectivity index (χ1n) is 6.27. The third kappa shape index (κ3) is 3.72. The second-order valence-corrected chi connectivity index (χ2v) is 4.92.